The Balaban J connectivity index is 1.74. The van der Waals surface area contributed by atoms with Gasteiger partial charge in [0.15, 0.2) is 0 Å². The van der Waals surface area contributed by atoms with E-state index in [4.69, 9.17) is 5.73 Å². The largest absolute Gasteiger partial charge is 0.369 e. The zero-order chi connectivity index (χ0) is 16.1. The molecule has 2 rings (SSSR count). The van der Waals surface area contributed by atoms with Crippen molar-refractivity contribution in [2.45, 2.75) is 39.7 Å². The van der Waals surface area contributed by atoms with Crippen molar-refractivity contribution in [3.05, 3.63) is 11.9 Å². The highest BCUT2D eigenvalue weighted by molar-refractivity contribution is 5.91. The number of aryl methyl sites for hydroxylation is 1. The summed E-state index contributed by atoms with van der Waals surface area (Å²) in [4.78, 5) is 25.4. The number of rotatable bonds is 6. The van der Waals surface area contributed by atoms with Gasteiger partial charge in [0.2, 0.25) is 11.8 Å². The Morgan fingerprint density at radius 2 is 2.09 bits per heavy atom. The Labute approximate surface area is 130 Å². The van der Waals surface area contributed by atoms with E-state index >= 15 is 0 Å². The van der Waals surface area contributed by atoms with Crippen molar-refractivity contribution in [1.82, 2.24) is 14.7 Å². The van der Waals surface area contributed by atoms with Crippen molar-refractivity contribution >= 4 is 17.5 Å². The molecule has 0 spiro atoms. The van der Waals surface area contributed by atoms with Crippen molar-refractivity contribution in [3.8, 4) is 0 Å². The molecule has 122 valence electrons. The van der Waals surface area contributed by atoms with Gasteiger partial charge in [-0.25, -0.2) is 0 Å². The number of amides is 2. The van der Waals surface area contributed by atoms with E-state index in [-0.39, 0.29) is 17.7 Å². The second-order valence-electron chi connectivity index (χ2n) is 5.78. The monoisotopic (exact) mass is 307 g/mol. The molecule has 22 heavy (non-hydrogen) atoms. The fourth-order valence-electron chi connectivity index (χ4n) is 2.80. The number of nitrogens with two attached hydrogens (primary N) is 1. The van der Waals surface area contributed by atoms with Gasteiger partial charge in [0.05, 0.1) is 17.6 Å². The molecule has 7 heteroatoms. The molecule has 1 aliphatic rings. The van der Waals surface area contributed by atoms with Crippen LogP contribution in [0.2, 0.25) is 0 Å². The Hall–Kier alpha value is -1.89. The van der Waals surface area contributed by atoms with Crippen molar-refractivity contribution in [2.75, 3.05) is 25.0 Å². The number of primary amides is 1. The fourth-order valence-corrected chi connectivity index (χ4v) is 2.80. The zero-order valence-corrected chi connectivity index (χ0v) is 13.3. The van der Waals surface area contributed by atoms with Crippen molar-refractivity contribution in [3.63, 3.8) is 0 Å². The Bertz CT molecular complexity index is 532. The van der Waals surface area contributed by atoms with E-state index in [1.54, 1.807) is 6.20 Å². The number of piperidine rings is 1. The van der Waals surface area contributed by atoms with Crippen molar-refractivity contribution in [2.24, 2.45) is 11.7 Å². The predicted octanol–water partition coefficient (Wildman–Crippen LogP) is 0.737. The molecule has 2 heterocycles. The number of nitrogens with one attached hydrogen (secondary N) is 1. The lowest BCUT2D eigenvalue weighted by Crippen LogP contribution is -2.39. The lowest BCUT2D eigenvalue weighted by molar-refractivity contribution is -0.123. The van der Waals surface area contributed by atoms with Gasteiger partial charge < -0.3 is 16.0 Å². The molecule has 7 nitrogen and oxygen atoms in total. The quantitative estimate of drug-likeness (QED) is 0.810. The smallest absolute Gasteiger partial charge is 0.225 e. The molecule has 0 unspecified atom stereocenters. The molecule has 0 aliphatic carbocycles. The van der Waals surface area contributed by atoms with Crippen LogP contribution in [0.5, 0.6) is 0 Å². The van der Waals surface area contributed by atoms with Gasteiger partial charge in [0.1, 0.15) is 0 Å². The second-order valence-corrected chi connectivity index (χ2v) is 5.78. The number of anilines is 1. The first-order valence-electron chi connectivity index (χ1n) is 7.85. The van der Waals surface area contributed by atoms with Crippen LogP contribution < -0.4 is 11.1 Å². The van der Waals surface area contributed by atoms with Gasteiger partial charge >= 0.3 is 0 Å². The summed E-state index contributed by atoms with van der Waals surface area (Å²) in [5.74, 6) is -0.218. The minimum Gasteiger partial charge on any atom is -0.369 e. The van der Waals surface area contributed by atoms with Gasteiger partial charge in [0.25, 0.3) is 0 Å². The molecule has 0 radical (unpaired) electrons. The van der Waals surface area contributed by atoms with Crippen molar-refractivity contribution in [1.29, 1.82) is 0 Å². The maximum Gasteiger partial charge on any atom is 0.225 e. The number of carbonyl (C=O) groups excluding carboxylic acids is 2. The van der Waals surface area contributed by atoms with E-state index in [0.717, 1.165) is 43.9 Å². The second kappa shape index (κ2) is 7.40. The standard InChI is InChI=1S/C15H25N5O2/c1-3-20-11(2)13(10-17-20)18-14(21)6-9-19-7-4-12(5-8-19)15(16)22/h10,12H,3-9H2,1-2H3,(H2,16,22)(H,18,21). The van der Waals surface area contributed by atoms with Gasteiger partial charge in [-0.3, -0.25) is 14.3 Å². The lowest BCUT2D eigenvalue weighted by Gasteiger charge is -2.30. The number of likely N-dealkylation sites (tertiary alicyclic amines) is 1. The number of carbonyl (C=O) groups is 2. The third-order valence-electron chi connectivity index (χ3n) is 4.32. The summed E-state index contributed by atoms with van der Waals surface area (Å²) < 4.78 is 1.85. The summed E-state index contributed by atoms with van der Waals surface area (Å²) >= 11 is 0. The highest BCUT2D eigenvalue weighted by Crippen LogP contribution is 2.17. The molecule has 3 N–H and O–H groups in total. The first-order valence-corrected chi connectivity index (χ1v) is 7.85. The maximum atomic E-state index is 12.0. The average molecular weight is 307 g/mol. The third kappa shape index (κ3) is 4.07. The summed E-state index contributed by atoms with van der Waals surface area (Å²) in [5.41, 5.74) is 7.07. The van der Waals surface area contributed by atoms with Crippen LogP contribution in [0.15, 0.2) is 6.20 Å². The third-order valence-corrected chi connectivity index (χ3v) is 4.32. The first-order chi connectivity index (χ1) is 10.5. The first kappa shape index (κ1) is 16.5. The molecule has 1 aromatic heterocycles. The van der Waals surface area contributed by atoms with Gasteiger partial charge in [-0.1, -0.05) is 0 Å². The van der Waals surface area contributed by atoms with Gasteiger partial charge in [-0.2, -0.15) is 5.10 Å². The number of nitrogens with zero attached hydrogens (tertiary/aromatic N) is 3. The van der Waals surface area contributed by atoms with Crippen LogP contribution in [0.4, 0.5) is 5.69 Å². The van der Waals surface area contributed by atoms with Crippen molar-refractivity contribution < 1.29 is 9.59 Å². The maximum absolute atomic E-state index is 12.0. The number of aromatic nitrogens is 2. The van der Waals surface area contributed by atoms with Crippen LogP contribution in [0.3, 0.4) is 0 Å². The van der Waals surface area contributed by atoms with Crippen LogP contribution in [0.1, 0.15) is 31.9 Å². The number of hydrogen-bond acceptors (Lipinski definition) is 4. The molecule has 0 bridgehead atoms. The summed E-state index contributed by atoms with van der Waals surface area (Å²) in [6.45, 7) is 7.11. The molecular formula is C15H25N5O2. The van der Waals surface area contributed by atoms with Crippen LogP contribution in [-0.4, -0.2) is 46.1 Å². The molecule has 1 saturated heterocycles. The topological polar surface area (TPSA) is 93.2 Å². The highest BCUT2D eigenvalue weighted by Gasteiger charge is 2.23. The lowest BCUT2D eigenvalue weighted by atomic mass is 9.96. The molecule has 0 atom stereocenters. The SMILES string of the molecule is CCn1ncc(NC(=O)CCN2CCC(C(N)=O)CC2)c1C. The van der Waals surface area contributed by atoms with E-state index in [1.165, 1.54) is 0 Å². The minimum atomic E-state index is -0.208. The summed E-state index contributed by atoms with van der Waals surface area (Å²) in [5, 5.41) is 7.12. The molecule has 0 saturated carbocycles. The minimum absolute atomic E-state index is 0.00391. The molecular weight excluding hydrogens is 282 g/mol. The average Bonchev–Trinajstić information content (AvgIpc) is 2.86. The van der Waals surface area contributed by atoms with Gasteiger partial charge in [0, 0.05) is 25.4 Å². The Morgan fingerprint density at radius 1 is 1.41 bits per heavy atom. The normalized spacial score (nSPS) is 16.6. The summed E-state index contributed by atoms with van der Waals surface area (Å²) in [6, 6.07) is 0. The van der Waals surface area contributed by atoms with Crippen LogP contribution >= 0.6 is 0 Å². The van der Waals surface area contributed by atoms with Crippen LogP contribution in [0.25, 0.3) is 0 Å². The number of hydrogen-bond donors (Lipinski definition) is 2. The van der Waals surface area contributed by atoms with Crippen LogP contribution in [-0.2, 0) is 16.1 Å². The summed E-state index contributed by atoms with van der Waals surface area (Å²) in [7, 11) is 0. The summed E-state index contributed by atoms with van der Waals surface area (Å²) in [6.07, 6.45) is 3.71. The Kier molecular flexibility index (Phi) is 5.54. The van der Waals surface area contributed by atoms with Crippen LogP contribution in [0, 0.1) is 12.8 Å². The fraction of sp³-hybridized carbons (Fsp3) is 0.667. The molecule has 1 aromatic rings. The van der Waals surface area contributed by atoms with E-state index < -0.39 is 0 Å². The zero-order valence-electron chi connectivity index (χ0n) is 13.3. The van der Waals surface area contributed by atoms with E-state index in [1.807, 2.05) is 18.5 Å². The van der Waals surface area contributed by atoms with E-state index in [9.17, 15) is 9.59 Å². The Morgan fingerprint density at radius 3 is 2.64 bits per heavy atom. The molecule has 1 aliphatic heterocycles. The highest BCUT2D eigenvalue weighted by atomic mass is 16.2. The molecule has 1 fully saturated rings. The molecule has 2 amide bonds. The molecule has 0 aromatic carbocycles. The van der Waals surface area contributed by atoms with Gasteiger partial charge in [-0.05, 0) is 39.8 Å². The predicted molar refractivity (Wildman–Crippen MR) is 84.2 cm³/mol. The van der Waals surface area contributed by atoms with E-state index in [2.05, 4.69) is 15.3 Å². The van der Waals surface area contributed by atoms with Gasteiger partial charge in [-0.15, -0.1) is 0 Å². The van der Waals surface area contributed by atoms with E-state index in [0.29, 0.717) is 13.0 Å².